The highest BCUT2D eigenvalue weighted by atomic mass is 16.5. The van der Waals surface area contributed by atoms with E-state index in [-0.39, 0.29) is 0 Å². The van der Waals surface area contributed by atoms with Gasteiger partial charge < -0.3 is 4.74 Å². The van der Waals surface area contributed by atoms with Crippen LogP contribution in [0.5, 0.6) is 5.75 Å². The van der Waals surface area contributed by atoms with Crippen LogP contribution in [0.4, 0.5) is 0 Å². The fraction of sp³-hybridized carbons (Fsp3) is 0.364. The molecule has 0 heterocycles. The maximum atomic E-state index is 8.74. The first kappa shape index (κ1) is 9.60. The van der Waals surface area contributed by atoms with Crippen molar-refractivity contribution in [2.75, 3.05) is 7.11 Å². The molecule has 13 heavy (non-hydrogen) atoms. The maximum Gasteiger partial charge on any atom is 0.120 e. The van der Waals surface area contributed by atoms with Crippen molar-refractivity contribution in [2.24, 2.45) is 0 Å². The zero-order valence-corrected chi connectivity index (χ0v) is 8.00. The number of hydrogen-bond donors (Lipinski definition) is 0. The first-order chi connectivity index (χ1) is 6.30. The summed E-state index contributed by atoms with van der Waals surface area (Å²) in [7, 11) is 1.62. The molecule has 0 aliphatic heterocycles. The van der Waals surface area contributed by atoms with Crippen LogP contribution in [0.25, 0.3) is 0 Å². The zero-order chi connectivity index (χ0) is 9.68. The molecule has 0 saturated carbocycles. The van der Waals surface area contributed by atoms with Crippen LogP contribution >= 0.6 is 0 Å². The molecule has 0 fully saturated rings. The molecule has 0 atom stereocenters. The van der Waals surface area contributed by atoms with E-state index in [0.29, 0.717) is 5.56 Å². The molecule has 1 aromatic carbocycles. The summed E-state index contributed by atoms with van der Waals surface area (Å²) in [4.78, 5) is 0. The molecule has 68 valence electrons. The summed E-state index contributed by atoms with van der Waals surface area (Å²) >= 11 is 0. The summed E-state index contributed by atoms with van der Waals surface area (Å²) in [5.41, 5.74) is 1.83. The second-order valence-electron chi connectivity index (χ2n) is 2.93. The topological polar surface area (TPSA) is 33.0 Å². The number of aryl methyl sites for hydroxylation is 1. The number of ether oxygens (including phenoxy) is 1. The van der Waals surface area contributed by atoms with Crippen LogP contribution < -0.4 is 4.74 Å². The average Bonchev–Trinajstić information content (AvgIpc) is 2.17. The van der Waals surface area contributed by atoms with Crippen LogP contribution in [0, 0.1) is 11.3 Å². The number of hydrogen-bond acceptors (Lipinski definition) is 2. The van der Waals surface area contributed by atoms with Gasteiger partial charge >= 0.3 is 0 Å². The van der Waals surface area contributed by atoms with Crippen molar-refractivity contribution in [1.82, 2.24) is 0 Å². The SMILES string of the molecule is CCCc1cc(C#N)cc(OC)c1. The number of nitriles is 1. The van der Waals surface area contributed by atoms with Crippen molar-refractivity contribution in [3.8, 4) is 11.8 Å². The number of benzene rings is 1. The molecule has 0 spiro atoms. The second kappa shape index (κ2) is 4.51. The van der Waals surface area contributed by atoms with Gasteiger partial charge in [0.1, 0.15) is 5.75 Å². The molecule has 0 unspecified atom stereocenters. The third-order valence-electron chi connectivity index (χ3n) is 1.87. The lowest BCUT2D eigenvalue weighted by Gasteiger charge is -2.03. The second-order valence-corrected chi connectivity index (χ2v) is 2.93. The lowest BCUT2D eigenvalue weighted by molar-refractivity contribution is 0.414. The Morgan fingerprint density at radius 1 is 1.38 bits per heavy atom. The van der Waals surface area contributed by atoms with Crippen LogP contribution in [0.15, 0.2) is 18.2 Å². The predicted octanol–water partition coefficient (Wildman–Crippen LogP) is 2.52. The van der Waals surface area contributed by atoms with Crippen LogP contribution in [-0.2, 0) is 6.42 Å². The summed E-state index contributed by atoms with van der Waals surface area (Å²) in [5, 5.41) is 8.74. The predicted molar refractivity (Wildman–Crippen MR) is 51.7 cm³/mol. The van der Waals surface area contributed by atoms with Gasteiger partial charge in [-0.3, -0.25) is 0 Å². The van der Waals surface area contributed by atoms with Crippen molar-refractivity contribution in [2.45, 2.75) is 19.8 Å². The van der Waals surface area contributed by atoms with E-state index in [0.717, 1.165) is 18.6 Å². The monoisotopic (exact) mass is 175 g/mol. The minimum absolute atomic E-state index is 0.669. The molecule has 1 aromatic rings. The molecular weight excluding hydrogens is 162 g/mol. The van der Waals surface area contributed by atoms with E-state index >= 15 is 0 Å². The first-order valence-corrected chi connectivity index (χ1v) is 4.38. The Morgan fingerprint density at radius 3 is 2.69 bits per heavy atom. The highest BCUT2D eigenvalue weighted by Crippen LogP contribution is 2.17. The Morgan fingerprint density at radius 2 is 2.15 bits per heavy atom. The molecule has 0 aliphatic carbocycles. The van der Waals surface area contributed by atoms with Gasteiger partial charge in [0.25, 0.3) is 0 Å². The average molecular weight is 175 g/mol. The third kappa shape index (κ3) is 2.48. The first-order valence-electron chi connectivity index (χ1n) is 4.38. The van der Waals surface area contributed by atoms with E-state index in [2.05, 4.69) is 13.0 Å². The van der Waals surface area contributed by atoms with Gasteiger partial charge in [-0.25, -0.2) is 0 Å². The molecule has 0 saturated heterocycles. The van der Waals surface area contributed by atoms with Gasteiger partial charge in [-0.15, -0.1) is 0 Å². The normalized spacial score (nSPS) is 9.31. The minimum Gasteiger partial charge on any atom is -0.497 e. The Bertz CT molecular complexity index is 325. The van der Waals surface area contributed by atoms with Crippen LogP contribution in [0.3, 0.4) is 0 Å². The highest BCUT2D eigenvalue weighted by Gasteiger charge is 1.99. The maximum absolute atomic E-state index is 8.74. The standard InChI is InChI=1S/C11H13NO/c1-3-4-9-5-10(8-12)7-11(6-9)13-2/h5-7H,3-4H2,1-2H3. The Balaban J connectivity index is 3.01. The van der Waals surface area contributed by atoms with Crippen LogP contribution in [-0.4, -0.2) is 7.11 Å². The quantitative estimate of drug-likeness (QED) is 0.707. The molecule has 1 rings (SSSR count). The van der Waals surface area contributed by atoms with E-state index in [1.807, 2.05) is 12.1 Å². The minimum atomic E-state index is 0.669. The number of rotatable bonds is 3. The van der Waals surface area contributed by atoms with Gasteiger partial charge in [0, 0.05) is 0 Å². The molecule has 0 amide bonds. The Hall–Kier alpha value is -1.49. The molecule has 2 nitrogen and oxygen atoms in total. The lowest BCUT2D eigenvalue weighted by Crippen LogP contribution is -1.89. The van der Waals surface area contributed by atoms with E-state index in [9.17, 15) is 0 Å². The number of methoxy groups -OCH3 is 1. The summed E-state index contributed by atoms with van der Waals surface area (Å²) in [6, 6.07) is 7.75. The largest absolute Gasteiger partial charge is 0.497 e. The van der Waals surface area contributed by atoms with Gasteiger partial charge in [-0.2, -0.15) is 5.26 Å². The van der Waals surface area contributed by atoms with Gasteiger partial charge in [-0.1, -0.05) is 13.3 Å². The van der Waals surface area contributed by atoms with Crippen molar-refractivity contribution in [3.05, 3.63) is 29.3 Å². The summed E-state index contributed by atoms with van der Waals surface area (Å²) in [6.07, 6.45) is 2.07. The molecule has 0 aromatic heterocycles. The van der Waals surface area contributed by atoms with E-state index in [1.165, 1.54) is 5.56 Å². The van der Waals surface area contributed by atoms with Crippen molar-refractivity contribution < 1.29 is 4.74 Å². The Kier molecular flexibility index (Phi) is 3.33. The molecular formula is C11H13NO. The fourth-order valence-electron chi connectivity index (χ4n) is 1.28. The molecule has 0 N–H and O–H groups in total. The van der Waals surface area contributed by atoms with Crippen molar-refractivity contribution in [3.63, 3.8) is 0 Å². The van der Waals surface area contributed by atoms with E-state index in [1.54, 1.807) is 13.2 Å². The summed E-state index contributed by atoms with van der Waals surface area (Å²) in [5.74, 6) is 0.766. The molecule has 0 radical (unpaired) electrons. The van der Waals surface area contributed by atoms with Crippen molar-refractivity contribution >= 4 is 0 Å². The lowest BCUT2D eigenvalue weighted by atomic mass is 10.1. The Labute approximate surface area is 78.8 Å². The fourth-order valence-corrected chi connectivity index (χ4v) is 1.28. The summed E-state index contributed by atoms with van der Waals surface area (Å²) < 4.78 is 5.09. The molecule has 2 heteroatoms. The van der Waals surface area contributed by atoms with Crippen molar-refractivity contribution in [1.29, 1.82) is 5.26 Å². The third-order valence-corrected chi connectivity index (χ3v) is 1.87. The van der Waals surface area contributed by atoms with Gasteiger partial charge in [0.2, 0.25) is 0 Å². The smallest absolute Gasteiger partial charge is 0.120 e. The van der Waals surface area contributed by atoms with Crippen LogP contribution in [0.1, 0.15) is 24.5 Å². The van der Waals surface area contributed by atoms with Gasteiger partial charge in [-0.05, 0) is 30.2 Å². The van der Waals surface area contributed by atoms with E-state index < -0.39 is 0 Å². The number of nitrogens with zero attached hydrogens (tertiary/aromatic N) is 1. The molecule has 0 aliphatic rings. The summed E-state index contributed by atoms with van der Waals surface area (Å²) in [6.45, 7) is 2.12. The van der Waals surface area contributed by atoms with Gasteiger partial charge in [0.05, 0.1) is 18.7 Å². The van der Waals surface area contributed by atoms with Crippen LogP contribution in [0.2, 0.25) is 0 Å². The van der Waals surface area contributed by atoms with E-state index in [4.69, 9.17) is 10.00 Å². The zero-order valence-electron chi connectivity index (χ0n) is 8.00. The molecule has 0 bridgehead atoms. The van der Waals surface area contributed by atoms with Gasteiger partial charge in [0.15, 0.2) is 0 Å². The highest BCUT2D eigenvalue weighted by molar-refractivity contribution is 5.40.